The van der Waals surface area contributed by atoms with Crippen molar-refractivity contribution in [2.75, 3.05) is 25.7 Å². The van der Waals surface area contributed by atoms with Gasteiger partial charge in [0.2, 0.25) is 11.7 Å². The van der Waals surface area contributed by atoms with Gasteiger partial charge in [-0.05, 0) is 23.1 Å². The molecule has 0 aliphatic carbocycles. The number of anilines is 1. The van der Waals surface area contributed by atoms with Crippen molar-refractivity contribution in [3.05, 3.63) is 87.3 Å². The average molecular weight is 405 g/mol. The predicted molar refractivity (Wildman–Crippen MR) is 113 cm³/mol. The SMILES string of the molecule is COC(=O)c1nc(N2CCc3ccccc3C2c2ccccc2)n(C)c(=O)c1OC. The Morgan fingerprint density at radius 2 is 1.77 bits per heavy atom. The summed E-state index contributed by atoms with van der Waals surface area (Å²) >= 11 is 0. The molecule has 1 unspecified atom stereocenters. The van der Waals surface area contributed by atoms with E-state index in [1.54, 1.807) is 7.05 Å². The summed E-state index contributed by atoms with van der Waals surface area (Å²) in [5, 5.41) is 0. The minimum absolute atomic E-state index is 0.122. The molecule has 7 heteroatoms. The summed E-state index contributed by atoms with van der Waals surface area (Å²) in [6.07, 6.45) is 0.801. The second kappa shape index (κ2) is 8.02. The fourth-order valence-corrected chi connectivity index (χ4v) is 4.02. The molecule has 1 aromatic heterocycles. The number of benzene rings is 2. The molecule has 0 N–H and O–H groups in total. The fourth-order valence-electron chi connectivity index (χ4n) is 4.02. The Kier molecular flexibility index (Phi) is 5.27. The number of hydrogen-bond donors (Lipinski definition) is 0. The first-order chi connectivity index (χ1) is 14.6. The highest BCUT2D eigenvalue weighted by molar-refractivity contribution is 5.90. The highest BCUT2D eigenvalue weighted by Crippen LogP contribution is 2.37. The number of rotatable bonds is 4. The lowest BCUT2D eigenvalue weighted by atomic mass is 9.88. The van der Waals surface area contributed by atoms with E-state index in [2.05, 4.69) is 34.1 Å². The molecule has 0 saturated heterocycles. The van der Waals surface area contributed by atoms with Crippen molar-refractivity contribution in [2.45, 2.75) is 12.5 Å². The monoisotopic (exact) mass is 405 g/mol. The second-order valence-corrected chi connectivity index (χ2v) is 7.10. The lowest BCUT2D eigenvalue weighted by molar-refractivity contribution is 0.0589. The third-order valence-corrected chi connectivity index (χ3v) is 5.46. The summed E-state index contributed by atoms with van der Waals surface area (Å²) in [5.74, 6) is -0.439. The summed E-state index contributed by atoms with van der Waals surface area (Å²) in [7, 11) is 4.23. The van der Waals surface area contributed by atoms with Crippen LogP contribution in [0.25, 0.3) is 0 Å². The minimum atomic E-state index is -0.709. The van der Waals surface area contributed by atoms with Crippen LogP contribution in [-0.4, -0.2) is 36.3 Å². The van der Waals surface area contributed by atoms with E-state index < -0.39 is 11.5 Å². The van der Waals surface area contributed by atoms with Gasteiger partial charge in [0.25, 0.3) is 5.56 Å². The first kappa shape index (κ1) is 19.7. The molecule has 4 rings (SSSR count). The van der Waals surface area contributed by atoms with Gasteiger partial charge >= 0.3 is 5.97 Å². The summed E-state index contributed by atoms with van der Waals surface area (Å²) < 4.78 is 11.4. The van der Waals surface area contributed by atoms with Gasteiger partial charge in [-0.1, -0.05) is 54.6 Å². The standard InChI is InChI=1S/C23H23N3O4/c1-25-21(27)20(29-2)18(22(28)30-3)24-23(25)26-14-13-15-9-7-8-12-17(15)19(26)16-10-5-4-6-11-16/h4-12,19H,13-14H2,1-3H3. The maximum atomic E-state index is 13.0. The molecule has 154 valence electrons. The summed E-state index contributed by atoms with van der Waals surface area (Å²) in [4.78, 5) is 31.9. The number of carbonyl (C=O) groups is 1. The van der Waals surface area contributed by atoms with Gasteiger partial charge in [-0.15, -0.1) is 0 Å². The van der Waals surface area contributed by atoms with Crippen LogP contribution in [0.15, 0.2) is 59.4 Å². The largest absolute Gasteiger partial charge is 0.489 e. The third kappa shape index (κ3) is 3.22. The number of aromatic nitrogens is 2. The zero-order valence-electron chi connectivity index (χ0n) is 17.2. The number of hydrogen-bond acceptors (Lipinski definition) is 6. The lowest BCUT2D eigenvalue weighted by Crippen LogP contribution is -2.41. The number of nitrogens with zero attached hydrogens (tertiary/aromatic N) is 3. The molecule has 0 spiro atoms. The van der Waals surface area contributed by atoms with Crippen LogP contribution in [0.1, 0.15) is 33.2 Å². The van der Waals surface area contributed by atoms with E-state index in [0.717, 1.165) is 17.5 Å². The molecule has 0 bridgehead atoms. The highest BCUT2D eigenvalue weighted by Gasteiger charge is 2.33. The molecule has 2 heterocycles. The van der Waals surface area contributed by atoms with Gasteiger partial charge < -0.3 is 14.4 Å². The molecule has 3 aromatic rings. The molecule has 1 aliphatic heterocycles. The molecular weight excluding hydrogens is 382 g/mol. The Balaban J connectivity index is 1.94. The van der Waals surface area contributed by atoms with E-state index in [1.165, 1.54) is 24.4 Å². The van der Waals surface area contributed by atoms with Crippen molar-refractivity contribution in [3.63, 3.8) is 0 Å². The van der Waals surface area contributed by atoms with Crippen molar-refractivity contribution in [3.8, 4) is 5.75 Å². The average Bonchev–Trinajstić information content (AvgIpc) is 2.80. The lowest BCUT2D eigenvalue weighted by Gasteiger charge is -2.39. The first-order valence-electron chi connectivity index (χ1n) is 9.69. The maximum Gasteiger partial charge on any atom is 0.360 e. The number of esters is 1. The number of ether oxygens (including phenoxy) is 2. The predicted octanol–water partition coefficient (Wildman–Crippen LogP) is 2.73. The van der Waals surface area contributed by atoms with Gasteiger partial charge in [0.05, 0.1) is 20.3 Å². The topological polar surface area (TPSA) is 73.7 Å². The normalized spacial score (nSPS) is 15.4. The Labute approximate surface area is 174 Å². The zero-order valence-corrected chi connectivity index (χ0v) is 17.2. The quantitative estimate of drug-likeness (QED) is 0.622. The Morgan fingerprint density at radius 3 is 2.47 bits per heavy atom. The van der Waals surface area contributed by atoms with Crippen LogP contribution in [0.3, 0.4) is 0 Å². The van der Waals surface area contributed by atoms with E-state index >= 15 is 0 Å². The minimum Gasteiger partial charge on any atom is -0.489 e. The Morgan fingerprint density at radius 1 is 1.07 bits per heavy atom. The van der Waals surface area contributed by atoms with Gasteiger partial charge in [0.15, 0.2) is 5.69 Å². The van der Waals surface area contributed by atoms with Gasteiger partial charge in [-0.3, -0.25) is 9.36 Å². The Hall–Kier alpha value is -3.61. The van der Waals surface area contributed by atoms with Crippen LogP contribution in [0.4, 0.5) is 5.95 Å². The van der Waals surface area contributed by atoms with Crippen molar-refractivity contribution >= 4 is 11.9 Å². The van der Waals surface area contributed by atoms with Crippen LogP contribution in [0.2, 0.25) is 0 Å². The molecular formula is C23H23N3O4. The molecule has 7 nitrogen and oxygen atoms in total. The van der Waals surface area contributed by atoms with Crippen molar-refractivity contribution < 1.29 is 14.3 Å². The van der Waals surface area contributed by atoms with Crippen molar-refractivity contribution in [1.29, 1.82) is 0 Å². The van der Waals surface area contributed by atoms with Crippen molar-refractivity contribution in [2.24, 2.45) is 7.05 Å². The fraction of sp³-hybridized carbons (Fsp3) is 0.261. The van der Waals surface area contributed by atoms with E-state index in [1.807, 2.05) is 30.3 Å². The number of carbonyl (C=O) groups excluding carboxylic acids is 1. The van der Waals surface area contributed by atoms with E-state index in [9.17, 15) is 9.59 Å². The number of fused-ring (bicyclic) bond motifs is 1. The first-order valence-corrected chi connectivity index (χ1v) is 9.69. The summed E-state index contributed by atoms with van der Waals surface area (Å²) in [6, 6.07) is 18.2. The second-order valence-electron chi connectivity index (χ2n) is 7.10. The maximum absolute atomic E-state index is 13.0. The molecule has 1 atom stereocenters. The summed E-state index contributed by atoms with van der Waals surface area (Å²) in [5.41, 5.74) is 2.93. The van der Waals surface area contributed by atoms with Gasteiger partial charge in [-0.25, -0.2) is 9.78 Å². The third-order valence-electron chi connectivity index (χ3n) is 5.46. The zero-order chi connectivity index (χ0) is 21.3. The smallest absolute Gasteiger partial charge is 0.360 e. The van der Waals surface area contributed by atoms with Crippen LogP contribution in [-0.2, 0) is 18.2 Å². The van der Waals surface area contributed by atoms with E-state index in [-0.39, 0.29) is 17.5 Å². The molecule has 2 aromatic carbocycles. The number of methoxy groups -OCH3 is 2. The molecule has 0 fully saturated rings. The molecule has 0 saturated carbocycles. The van der Waals surface area contributed by atoms with Gasteiger partial charge in [-0.2, -0.15) is 0 Å². The van der Waals surface area contributed by atoms with Crippen LogP contribution >= 0.6 is 0 Å². The van der Waals surface area contributed by atoms with Crippen LogP contribution in [0.5, 0.6) is 5.75 Å². The molecule has 30 heavy (non-hydrogen) atoms. The van der Waals surface area contributed by atoms with Crippen LogP contribution < -0.4 is 15.2 Å². The van der Waals surface area contributed by atoms with Gasteiger partial charge in [0, 0.05) is 13.6 Å². The molecule has 1 aliphatic rings. The molecule has 0 radical (unpaired) electrons. The van der Waals surface area contributed by atoms with Gasteiger partial charge in [0.1, 0.15) is 0 Å². The summed E-state index contributed by atoms with van der Waals surface area (Å²) in [6.45, 7) is 0.643. The van der Waals surface area contributed by atoms with E-state index in [0.29, 0.717) is 12.5 Å². The Bertz CT molecular complexity index is 1140. The van der Waals surface area contributed by atoms with Crippen LogP contribution in [0, 0.1) is 0 Å². The highest BCUT2D eigenvalue weighted by atomic mass is 16.5. The molecule has 0 amide bonds. The van der Waals surface area contributed by atoms with Crippen molar-refractivity contribution in [1.82, 2.24) is 9.55 Å². The van der Waals surface area contributed by atoms with E-state index in [4.69, 9.17) is 9.47 Å².